The Bertz CT molecular complexity index is 849. The Kier molecular flexibility index (Phi) is 7.36. The Labute approximate surface area is 185 Å². The molecule has 0 saturated carbocycles. The second-order valence-electron chi connectivity index (χ2n) is 8.85. The molecule has 1 aromatic carbocycles. The van der Waals surface area contributed by atoms with Crippen LogP contribution in [0.2, 0.25) is 0 Å². The number of carbonyl (C=O) groups excluding carboxylic acids is 1. The van der Waals surface area contributed by atoms with Crippen LogP contribution in [0.15, 0.2) is 48.8 Å². The Morgan fingerprint density at radius 3 is 2.84 bits per heavy atom. The van der Waals surface area contributed by atoms with Gasteiger partial charge in [0.05, 0.1) is 11.5 Å². The molecule has 31 heavy (non-hydrogen) atoms. The van der Waals surface area contributed by atoms with Crippen molar-refractivity contribution in [1.82, 2.24) is 9.88 Å². The quantitative estimate of drug-likeness (QED) is 0.659. The predicted molar refractivity (Wildman–Crippen MR) is 122 cm³/mol. The van der Waals surface area contributed by atoms with E-state index in [9.17, 15) is 4.79 Å². The molecule has 2 aliphatic heterocycles. The molecule has 0 N–H and O–H groups in total. The van der Waals surface area contributed by atoms with Crippen molar-refractivity contribution in [3.8, 4) is 11.1 Å². The summed E-state index contributed by atoms with van der Waals surface area (Å²) in [7, 11) is 0. The third-order valence-electron chi connectivity index (χ3n) is 6.65. The fraction of sp³-hybridized carbons (Fsp3) is 0.538. The van der Waals surface area contributed by atoms with Crippen molar-refractivity contribution in [2.75, 3.05) is 32.9 Å². The van der Waals surface area contributed by atoms with Crippen molar-refractivity contribution in [3.63, 3.8) is 0 Å². The number of pyridine rings is 1. The number of rotatable bonds is 7. The molecule has 1 atom stereocenters. The van der Waals surface area contributed by atoms with E-state index in [0.29, 0.717) is 19.8 Å². The van der Waals surface area contributed by atoms with Crippen LogP contribution in [-0.2, 0) is 20.7 Å². The van der Waals surface area contributed by atoms with Gasteiger partial charge in [-0.25, -0.2) is 0 Å². The lowest BCUT2D eigenvalue weighted by Gasteiger charge is -2.42. The molecular formula is C26H34N2O3. The molecule has 1 aromatic heterocycles. The normalized spacial score (nSPS) is 21.1. The Morgan fingerprint density at radius 2 is 2.06 bits per heavy atom. The topological polar surface area (TPSA) is 51.7 Å². The number of aromatic nitrogens is 1. The molecule has 166 valence electrons. The van der Waals surface area contributed by atoms with Crippen LogP contribution >= 0.6 is 0 Å². The van der Waals surface area contributed by atoms with Crippen molar-refractivity contribution < 1.29 is 14.3 Å². The molecule has 0 bridgehead atoms. The van der Waals surface area contributed by atoms with Crippen molar-refractivity contribution in [2.24, 2.45) is 5.41 Å². The van der Waals surface area contributed by atoms with Crippen LogP contribution in [0.5, 0.6) is 0 Å². The van der Waals surface area contributed by atoms with Crippen LogP contribution in [0.25, 0.3) is 11.1 Å². The molecule has 5 heteroatoms. The number of piperidine rings is 1. The van der Waals surface area contributed by atoms with Crippen molar-refractivity contribution >= 4 is 5.91 Å². The number of amides is 1. The minimum Gasteiger partial charge on any atom is -0.381 e. The highest BCUT2D eigenvalue weighted by molar-refractivity contribution is 5.84. The number of hydrogen-bond acceptors (Lipinski definition) is 4. The number of nitrogens with zero attached hydrogens (tertiary/aromatic N) is 2. The summed E-state index contributed by atoms with van der Waals surface area (Å²) in [5.74, 6) is 0.279. The summed E-state index contributed by atoms with van der Waals surface area (Å²) in [6.45, 7) is 5.73. The van der Waals surface area contributed by atoms with Crippen LogP contribution in [0, 0.1) is 5.41 Å². The highest BCUT2D eigenvalue weighted by atomic mass is 16.5. The van der Waals surface area contributed by atoms with E-state index < -0.39 is 5.41 Å². The van der Waals surface area contributed by atoms with Crippen LogP contribution in [0.3, 0.4) is 0 Å². The minimum atomic E-state index is -0.413. The summed E-state index contributed by atoms with van der Waals surface area (Å²) in [5, 5.41) is 0. The molecule has 0 aliphatic carbocycles. The second kappa shape index (κ2) is 10.4. The van der Waals surface area contributed by atoms with Gasteiger partial charge in [-0.3, -0.25) is 9.78 Å². The molecule has 0 unspecified atom stereocenters. The largest absolute Gasteiger partial charge is 0.381 e. The van der Waals surface area contributed by atoms with E-state index in [1.165, 1.54) is 5.56 Å². The van der Waals surface area contributed by atoms with E-state index in [1.54, 1.807) is 6.20 Å². The fourth-order valence-corrected chi connectivity index (χ4v) is 4.95. The summed E-state index contributed by atoms with van der Waals surface area (Å²) in [4.78, 5) is 20.3. The second-order valence-corrected chi connectivity index (χ2v) is 8.85. The van der Waals surface area contributed by atoms with Gasteiger partial charge in [0.1, 0.15) is 0 Å². The van der Waals surface area contributed by atoms with Gasteiger partial charge < -0.3 is 14.4 Å². The predicted octanol–water partition coefficient (Wildman–Crippen LogP) is 4.51. The first kappa shape index (κ1) is 22.0. The summed E-state index contributed by atoms with van der Waals surface area (Å²) in [6, 6.07) is 12.5. The standard InChI is InChI=1S/C26H34N2O3/c1-2-15-31-23-9-6-14-28(20-23)25(29)26(11-16-30-17-12-26)18-21-7-3-4-10-24(21)22-8-5-13-27-19-22/h3-5,7-8,10,13,19,23H,2,6,9,11-12,14-18,20H2,1H3/t23-/m1/s1. The number of ether oxygens (including phenoxy) is 2. The van der Waals surface area contributed by atoms with Gasteiger partial charge in [0.25, 0.3) is 0 Å². The first-order valence-corrected chi connectivity index (χ1v) is 11.7. The van der Waals surface area contributed by atoms with Gasteiger partial charge in [-0.2, -0.15) is 0 Å². The van der Waals surface area contributed by atoms with E-state index in [0.717, 1.165) is 62.8 Å². The van der Waals surface area contributed by atoms with Gasteiger partial charge in [-0.15, -0.1) is 0 Å². The van der Waals surface area contributed by atoms with Crippen molar-refractivity contribution in [2.45, 2.75) is 51.6 Å². The van der Waals surface area contributed by atoms with Gasteiger partial charge in [-0.05, 0) is 55.7 Å². The summed E-state index contributed by atoms with van der Waals surface area (Å²) in [5.41, 5.74) is 3.06. The SMILES string of the molecule is CCCO[C@@H]1CCCN(C(=O)C2(Cc3ccccc3-c3cccnc3)CCOCC2)C1. The highest BCUT2D eigenvalue weighted by Gasteiger charge is 2.44. The Hall–Kier alpha value is -2.24. The lowest BCUT2D eigenvalue weighted by Crippen LogP contribution is -2.52. The van der Waals surface area contributed by atoms with Gasteiger partial charge >= 0.3 is 0 Å². The van der Waals surface area contributed by atoms with E-state index in [1.807, 2.05) is 12.3 Å². The smallest absolute Gasteiger partial charge is 0.229 e. The lowest BCUT2D eigenvalue weighted by molar-refractivity contribution is -0.152. The summed E-state index contributed by atoms with van der Waals surface area (Å²) in [6.07, 6.45) is 9.20. The van der Waals surface area contributed by atoms with Crippen LogP contribution in [0.1, 0.15) is 44.6 Å². The van der Waals surface area contributed by atoms with E-state index in [2.05, 4.69) is 47.1 Å². The average Bonchev–Trinajstić information content (AvgIpc) is 2.84. The maximum atomic E-state index is 13.9. The van der Waals surface area contributed by atoms with Crippen LogP contribution < -0.4 is 0 Å². The van der Waals surface area contributed by atoms with Gasteiger partial charge in [0, 0.05) is 50.9 Å². The monoisotopic (exact) mass is 422 g/mol. The maximum absolute atomic E-state index is 13.9. The zero-order chi connectivity index (χ0) is 21.5. The third kappa shape index (κ3) is 5.16. The zero-order valence-corrected chi connectivity index (χ0v) is 18.6. The molecule has 3 heterocycles. The first-order valence-electron chi connectivity index (χ1n) is 11.7. The number of hydrogen-bond donors (Lipinski definition) is 0. The molecule has 2 fully saturated rings. The van der Waals surface area contributed by atoms with Gasteiger partial charge in [0.2, 0.25) is 5.91 Å². The highest BCUT2D eigenvalue weighted by Crippen LogP contribution is 2.39. The molecular weight excluding hydrogens is 388 g/mol. The summed E-state index contributed by atoms with van der Waals surface area (Å²) >= 11 is 0. The fourth-order valence-electron chi connectivity index (χ4n) is 4.95. The lowest BCUT2D eigenvalue weighted by atomic mass is 9.72. The maximum Gasteiger partial charge on any atom is 0.229 e. The molecule has 2 aliphatic rings. The number of benzene rings is 1. The Balaban J connectivity index is 1.59. The molecule has 0 radical (unpaired) electrons. The summed E-state index contributed by atoms with van der Waals surface area (Å²) < 4.78 is 11.7. The number of likely N-dealkylation sites (tertiary alicyclic amines) is 1. The van der Waals surface area contributed by atoms with Crippen LogP contribution in [-0.4, -0.2) is 54.8 Å². The zero-order valence-electron chi connectivity index (χ0n) is 18.6. The minimum absolute atomic E-state index is 0.164. The van der Waals surface area contributed by atoms with E-state index in [4.69, 9.17) is 9.47 Å². The molecule has 5 nitrogen and oxygen atoms in total. The Morgan fingerprint density at radius 1 is 1.23 bits per heavy atom. The van der Waals surface area contributed by atoms with E-state index >= 15 is 0 Å². The van der Waals surface area contributed by atoms with Crippen molar-refractivity contribution in [1.29, 1.82) is 0 Å². The van der Waals surface area contributed by atoms with Crippen LogP contribution in [0.4, 0.5) is 0 Å². The molecule has 1 amide bonds. The first-order chi connectivity index (χ1) is 15.2. The van der Waals surface area contributed by atoms with Crippen molar-refractivity contribution in [3.05, 3.63) is 54.4 Å². The molecule has 2 saturated heterocycles. The molecule has 0 spiro atoms. The van der Waals surface area contributed by atoms with E-state index in [-0.39, 0.29) is 12.0 Å². The molecule has 4 rings (SSSR count). The number of carbonyl (C=O) groups is 1. The van der Waals surface area contributed by atoms with Gasteiger partial charge in [0.15, 0.2) is 0 Å². The molecule has 2 aromatic rings. The third-order valence-corrected chi connectivity index (χ3v) is 6.65. The van der Waals surface area contributed by atoms with Gasteiger partial charge in [-0.1, -0.05) is 37.3 Å². The average molecular weight is 423 g/mol.